The van der Waals surface area contributed by atoms with Crippen molar-refractivity contribution in [2.75, 3.05) is 0 Å². The first-order chi connectivity index (χ1) is 5.65. The molecule has 0 saturated heterocycles. The van der Waals surface area contributed by atoms with Gasteiger partial charge in [-0.3, -0.25) is 0 Å². The van der Waals surface area contributed by atoms with E-state index in [1.807, 2.05) is 0 Å². The van der Waals surface area contributed by atoms with Gasteiger partial charge in [0, 0.05) is 0 Å². The Morgan fingerprint density at radius 3 is 2.83 bits per heavy atom. The third-order valence-electron chi connectivity index (χ3n) is 2.36. The molecule has 0 saturated carbocycles. The Bertz CT molecular complexity index is 175. The van der Waals surface area contributed by atoms with Crippen LogP contribution in [-0.4, -0.2) is 7.85 Å². The van der Waals surface area contributed by atoms with Gasteiger partial charge >= 0.3 is 101 Å². The van der Waals surface area contributed by atoms with Gasteiger partial charge in [0.05, 0.1) is 0 Å². The fourth-order valence-electron chi connectivity index (χ4n) is 1.31. The summed E-state index contributed by atoms with van der Waals surface area (Å²) < 4.78 is 3.65. The molecule has 0 aliphatic heterocycles. The zero-order valence-electron chi connectivity index (χ0n) is 7.98. The van der Waals surface area contributed by atoms with E-state index in [1.165, 1.54) is 12.8 Å². The monoisotopic (exact) mass is 391 g/mol. The second-order valence-electron chi connectivity index (χ2n) is 3.52. The van der Waals surface area contributed by atoms with Crippen LogP contribution in [0.15, 0.2) is 9.66 Å². The number of halogens is 2. The van der Waals surface area contributed by atoms with Gasteiger partial charge in [0.25, 0.3) is 0 Å². The topological polar surface area (TPSA) is 0 Å². The molecule has 1 aliphatic rings. The molecule has 0 spiro atoms. The van der Waals surface area contributed by atoms with E-state index in [1.54, 1.807) is 3.58 Å². The van der Waals surface area contributed by atoms with Crippen molar-refractivity contribution >= 4 is 22.6 Å². The summed E-state index contributed by atoms with van der Waals surface area (Å²) >= 11 is 2.95. The molecule has 0 amide bonds. The SMILES string of the molecule is CC[C@@H](C)[I-]C1C(I)=CCC1C. The van der Waals surface area contributed by atoms with Crippen molar-refractivity contribution in [3.63, 3.8) is 0 Å². The summed E-state index contributed by atoms with van der Waals surface area (Å²) in [5.74, 6) is 0.943. The molecule has 0 bridgehead atoms. The molecule has 0 aromatic heterocycles. The molecule has 0 N–H and O–H groups in total. The normalized spacial score (nSPS) is 32.2. The van der Waals surface area contributed by atoms with E-state index in [2.05, 4.69) is 49.4 Å². The Kier molecular flexibility index (Phi) is 4.86. The number of hydrogen-bond donors (Lipinski definition) is 0. The molecular formula is C10H17I2-. The van der Waals surface area contributed by atoms with Crippen LogP contribution in [0.2, 0.25) is 0 Å². The van der Waals surface area contributed by atoms with E-state index in [0.29, 0.717) is 21.2 Å². The van der Waals surface area contributed by atoms with Crippen molar-refractivity contribution in [2.45, 2.75) is 41.5 Å². The zero-order chi connectivity index (χ0) is 9.14. The molecule has 1 aliphatic carbocycles. The molecule has 0 aromatic rings. The van der Waals surface area contributed by atoms with Crippen molar-refractivity contribution < 1.29 is 21.2 Å². The summed E-state index contributed by atoms with van der Waals surface area (Å²) in [6.45, 7) is 7.15. The first kappa shape index (κ1) is 11.3. The fraction of sp³-hybridized carbons (Fsp3) is 0.800. The van der Waals surface area contributed by atoms with Crippen molar-refractivity contribution in [3.05, 3.63) is 9.66 Å². The van der Waals surface area contributed by atoms with Crippen LogP contribution in [0.25, 0.3) is 0 Å². The molecule has 12 heavy (non-hydrogen) atoms. The molecule has 0 heterocycles. The predicted octanol–water partition coefficient (Wildman–Crippen LogP) is 0.601. The maximum atomic E-state index is 2.55. The van der Waals surface area contributed by atoms with Crippen LogP contribution in [0.1, 0.15) is 33.6 Å². The molecule has 1 rings (SSSR count). The van der Waals surface area contributed by atoms with E-state index >= 15 is 0 Å². The second kappa shape index (κ2) is 5.17. The van der Waals surface area contributed by atoms with Gasteiger partial charge in [-0.2, -0.15) is 0 Å². The van der Waals surface area contributed by atoms with Crippen molar-refractivity contribution in [1.82, 2.24) is 0 Å². The third kappa shape index (κ3) is 2.86. The Labute approximate surface area is 100.0 Å². The van der Waals surface area contributed by atoms with Gasteiger partial charge in [-0.15, -0.1) is 0 Å². The van der Waals surface area contributed by atoms with E-state index in [4.69, 9.17) is 0 Å². The van der Waals surface area contributed by atoms with Crippen molar-refractivity contribution in [1.29, 1.82) is 0 Å². The van der Waals surface area contributed by atoms with Crippen LogP contribution in [0.5, 0.6) is 0 Å². The van der Waals surface area contributed by atoms with Gasteiger partial charge in [-0.25, -0.2) is 0 Å². The summed E-state index contributed by atoms with van der Waals surface area (Å²) in [4.78, 5) is 0. The zero-order valence-corrected chi connectivity index (χ0v) is 12.3. The van der Waals surface area contributed by atoms with Gasteiger partial charge in [-0.1, -0.05) is 0 Å². The van der Waals surface area contributed by atoms with Crippen molar-refractivity contribution in [3.8, 4) is 0 Å². The van der Waals surface area contributed by atoms with Gasteiger partial charge in [0.2, 0.25) is 0 Å². The quantitative estimate of drug-likeness (QED) is 0.489. The van der Waals surface area contributed by atoms with Crippen LogP contribution in [-0.2, 0) is 0 Å². The van der Waals surface area contributed by atoms with Gasteiger partial charge < -0.3 is 0 Å². The Morgan fingerprint density at radius 1 is 1.75 bits per heavy atom. The molecule has 72 valence electrons. The van der Waals surface area contributed by atoms with Crippen LogP contribution in [0.3, 0.4) is 0 Å². The first-order valence-electron chi connectivity index (χ1n) is 4.62. The number of allylic oxidation sites excluding steroid dienone is 2. The van der Waals surface area contributed by atoms with Gasteiger partial charge in [-0.05, 0) is 0 Å². The van der Waals surface area contributed by atoms with Crippen LogP contribution >= 0.6 is 22.6 Å². The Hall–Kier alpha value is 1.20. The number of rotatable bonds is 3. The molecule has 0 aromatic carbocycles. The number of alkyl halides is 2. The molecule has 0 radical (unpaired) electrons. The average molecular weight is 391 g/mol. The molecule has 0 fully saturated rings. The second-order valence-corrected chi connectivity index (χ2v) is 8.95. The van der Waals surface area contributed by atoms with E-state index in [-0.39, 0.29) is 0 Å². The summed E-state index contributed by atoms with van der Waals surface area (Å²) in [6.07, 6.45) is 5.15. The Balaban J connectivity index is 2.45. The molecule has 3 atom stereocenters. The predicted molar refractivity (Wildman–Crippen MR) is 59.4 cm³/mol. The molecular weight excluding hydrogens is 374 g/mol. The van der Waals surface area contributed by atoms with E-state index in [0.717, 1.165) is 13.8 Å². The number of hydrogen-bond acceptors (Lipinski definition) is 0. The van der Waals surface area contributed by atoms with Gasteiger partial charge in [0.1, 0.15) is 0 Å². The third-order valence-corrected chi connectivity index (χ3v) is 9.45. The molecule has 2 heteroatoms. The minimum absolute atomic E-state index is 0.402. The first-order valence-corrected chi connectivity index (χ1v) is 8.19. The average Bonchev–Trinajstić information content (AvgIpc) is 2.35. The summed E-state index contributed by atoms with van der Waals surface area (Å²) in [5.41, 5.74) is 0. The Morgan fingerprint density at radius 2 is 2.42 bits per heavy atom. The molecule has 2 unspecified atom stereocenters. The summed E-state index contributed by atoms with van der Waals surface area (Å²) in [6, 6.07) is 0. The summed E-state index contributed by atoms with van der Waals surface area (Å²) in [5, 5.41) is 0. The fourth-order valence-corrected chi connectivity index (χ4v) is 6.52. The summed E-state index contributed by atoms with van der Waals surface area (Å²) in [7, 11) is 0. The standard InChI is InChI=1S/C10H17I2/c1-4-8(3)12-10-7(2)5-6-9(10)11/h6-8,10H,4-5H2,1-3H3/q-1/t7?,8-,10?/m1/s1. The van der Waals surface area contributed by atoms with Crippen LogP contribution in [0.4, 0.5) is 0 Å². The maximum absolute atomic E-state index is 2.55. The van der Waals surface area contributed by atoms with Crippen LogP contribution in [0, 0.1) is 5.92 Å². The van der Waals surface area contributed by atoms with E-state index < -0.39 is 0 Å². The molecule has 0 nitrogen and oxygen atoms in total. The van der Waals surface area contributed by atoms with Gasteiger partial charge in [0.15, 0.2) is 0 Å². The van der Waals surface area contributed by atoms with Crippen molar-refractivity contribution in [2.24, 2.45) is 5.92 Å². The van der Waals surface area contributed by atoms with Crippen LogP contribution < -0.4 is 21.2 Å². The minimum atomic E-state index is 0.402. The van der Waals surface area contributed by atoms with E-state index in [9.17, 15) is 0 Å².